The number of anilines is 1. The molecule has 180 valence electrons. The molecule has 0 radical (unpaired) electrons. The molecule has 2 amide bonds. The van der Waals surface area contributed by atoms with Gasteiger partial charge < -0.3 is 9.73 Å². The van der Waals surface area contributed by atoms with Gasteiger partial charge in [0, 0.05) is 5.69 Å². The first kappa shape index (κ1) is 23.0. The molecule has 8 nitrogen and oxygen atoms in total. The SMILES string of the molecule is Cc1ccc(N(C(=O)Cn2nnc3ccccc32)C(C(=O)NCc2ccco2)c2ccccc2)cc1. The number of furan rings is 1. The monoisotopic (exact) mass is 479 g/mol. The summed E-state index contributed by atoms with van der Waals surface area (Å²) in [4.78, 5) is 29.1. The maximum atomic E-state index is 13.9. The third kappa shape index (κ3) is 4.88. The molecular formula is C28H25N5O3. The van der Waals surface area contributed by atoms with Crippen molar-refractivity contribution in [2.75, 3.05) is 4.90 Å². The predicted molar refractivity (Wildman–Crippen MR) is 136 cm³/mol. The molecule has 1 atom stereocenters. The first-order valence-electron chi connectivity index (χ1n) is 11.6. The highest BCUT2D eigenvalue weighted by Crippen LogP contribution is 2.29. The number of carbonyl (C=O) groups excluding carboxylic acids is 2. The molecule has 5 aromatic rings. The standard InChI is InChI=1S/C28H25N5O3/c1-20-13-15-22(16-14-20)33(26(34)19-32-25-12-6-5-11-24(25)30-31-32)27(21-8-3-2-4-9-21)28(35)29-18-23-10-7-17-36-23/h2-17,27H,18-19H2,1H3,(H,29,35). The van der Waals surface area contributed by atoms with E-state index in [1.807, 2.05) is 85.8 Å². The Hall–Kier alpha value is -4.72. The van der Waals surface area contributed by atoms with Gasteiger partial charge in [-0.2, -0.15) is 0 Å². The van der Waals surface area contributed by atoms with Crippen LogP contribution in [0.4, 0.5) is 5.69 Å². The molecule has 0 spiro atoms. The van der Waals surface area contributed by atoms with Gasteiger partial charge in [0.05, 0.1) is 18.3 Å². The summed E-state index contributed by atoms with van der Waals surface area (Å²) < 4.78 is 6.93. The molecule has 2 aromatic heterocycles. The zero-order valence-corrected chi connectivity index (χ0v) is 19.7. The zero-order valence-electron chi connectivity index (χ0n) is 19.7. The quantitative estimate of drug-likeness (QED) is 0.356. The molecule has 0 aliphatic rings. The van der Waals surface area contributed by atoms with Gasteiger partial charge in [-0.3, -0.25) is 14.5 Å². The lowest BCUT2D eigenvalue weighted by molar-refractivity contribution is -0.127. The Balaban J connectivity index is 1.54. The minimum Gasteiger partial charge on any atom is -0.467 e. The number of rotatable bonds is 8. The largest absolute Gasteiger partial charge is 0.467 e. The molecule has 3 aromatic carbocycles. The van der Waals surface area contributed by atoms with E-state index in [2.05, 4.69) is 15.6 Å². The third-order valence-electron chi connectivity index (χ3n) is 5.92. The van der Waals surface area contributed by atoms with Crippen molar-refractivity contribution in [3.05, 3.63) is 114 Å². The number of fused-ring (bicyclic) bond motifs is 1. The second kappa shape index (κ2) is 10.3. The van der Waals surface area contributed by atoms with E-state index in [0.717, 1.165) is 11.1 Å². The van der Waals surface area contributed by atoms with Crippen LogP contribution in [0.15, 0.2) is 102 Å². The summed E-state index contributed by atoms with van der Waals surface area (Å²) in [6.07, 6.45) is 1.56. The third-order valence-corrected chi connectivity index (χ3v) is 5.92. The highest BCUT2D eigenvalue weighted by atomic mass is 16.3. The van der Waals surface area contributed by atoms with Gasteiger partial charge in [-0.25, -0.2) is 4.68 Å². The molecule has 5 rings (SSSR count). The normalized spacial score (nSPS) is 11.8. The number of carbonyl (C=O) groups is 2. The van der Waals surface area contributed by atoms with Crippen LogP contribution in [0.3, 0.4) is 0 Å². The van der Waals surface area contributed by atoms with Crippen molar-refractivity contribution in [1.82, 2.24) is 20.3 Å². The number of hydrogen-bond acceptors (Lipinski definition) is 5. The highest BCUT2D eigenvalue weighted by molar-refractivity contribution is 6.01. The first-order chi connectivity index (χ1) is 17.6. The average molecular weight is 480 g/mol. The van der Waals surface area contributed by atoms with Crippen molar-refractivity contribution in [3.8, 4) is 0 Å². The number of hydrogen-bond donors (Lipinski definition) is 1. The van der Waals surface area contributed by atoms with E-state index in [0.29, 0.717) is 22.5 Å². The number of para-hydroxylation sites is 1. The highest BCUT2D eigenvalue weighted by Gasteiger charge is 2.33. The van der Waals surface area contributed by atoms with Crippen LogP contribution >= 0.6 is 0 Å². The van der Waals surface area contributed by atoms with Gasteiger partial charge in [-0.1, -0.05) is 65.4 Å². The molecule has 0 fully saturated rings. The van der Waals surface area contributed by atoms with Crippen LogP contribution < -0.4 is 10.2 Å². The Labute approximate surface area is 208 Å². The van der Waals surface area contributed by atoms with Crippen molar-refractivity contribution >= 4 is 28.5 Å². The van der Waals surface area contributed by atoms with E-state index >= 15 is 0 Å². The molecule has 0 saturated heterocycles. The number of nitrogens with zero attached hydrogens (tertiary/aromatic N) is 4. The Morgan fingerprint density at radius 1 is 0.944 bits per heavy atom. The van der Waals surface area contributed by atoms with Crippen LogP contribution in [0.2, 0.25) is 0 Å². The Kier molecular flexibility index (Phi) is 6.57. The molecule has 8 heteroatoms. The number of aryl methyl sites for hydroxylation is 1. The van der Waals surface area contributed by atoms with E-state index < -0.39 is 6.04 Å². The van der Waals surface area contributed by atoms with Crippen LogP contribution in [0.5, 0.6) is 0 Å². The summed E-state index contributed by atoms with van der Waals surface area (Å²) in [5.41, 5.74) is 3.78. The number of amides is 2. The lowest BCUT2D eigenvalue weighted by atomic mass is 10.0. The van der Waals surface area contributed by atoms with Crippen LogP contribution in [0, 0.1) is 6.92 Å². The second-order valence-corrected chi connectivity index (χ2v) is 8.45. The van der Waals surface area contributed by atoms with Crippen LogP contribution in [-0.2, 0) is 22.7 Å². The van der Waals surface area contributed by atoms with Crippen LogP contribution in [-0.4, -0.2) is 26.8 Å². The zero-order chi connectivity index (χ0) is 24.9. The van der Waals surface area contributed by atoms with Gasteiger partial charge in [0.25, 0.3) is 0 Å². The second-order valence-electron chi connectivity index (χ2n) is 8.45. The fourth-order valence-electron chi connectivity index (χ4n) is 4.12. The Morgan fingerprint density at radius 2 is 1.69 bits per heavy atom. The minimum atomic E-state index is -0.911. The fraction of sp³-hybridized carbons (Fsp3) is 0.143. The van der Waals surface area contributed by atoms with Gasteiger partial charge in [-0.05, 0) is 48.9 Å². The molecule has 0 bridgehead atoms. The van der Waals surface area contributed by atoms with E-state index in [9.17, 15) is 9.59 Å². The summed E-state index contributed by atoms with van der Waals surface area (Å²) in [7, 11) is 0. The summed E-state index contributed by atoms with van der Waals surface area (Å²) in [6.45, 7) is 2.10. The topological polar surface area (TPSA) is 93.3 Å². The van der Waals surface area contributed by atoms with Gasteiger partial charge in [-0.15, -0.1) is 5.10 Å². The maximum absolute atomic E-state index is 13.9. The fourth-order valence-corrected chi connectivity index (χ4v) is 4.12. The van der Waals surface area contributed by atoms with Crippen molar-refractivity contribution in [2.24, 2.45) is 0 Å². The number of benzene rings is 3. The van der Waals surface area contributed by atoms with Crippen LogP contribution in [0.25, 0.3) is 11.0 Å². The van der Waals surface area contributed by atoms with E-state index in [1.54, 1.807) is 23.1 Å². The molecule has 1 N–H and O–H groups in total. The lowest BCUT2D eigenvalue weighted by Crippen LogP contribution is -2.45. The summed E-state index contributed by atoms with van der Waals surface area (Å²) >= 11 is 0. The molecule has 0 aliphatic carbocycles. The first-order valence-corrected chi connectivity index (χ1v) is 11.6. The summed E-state index contributed by atoms with van der Waals surface area (Å²) in [5.74, 6) is 0.00365. The maximum Gasteiger partial charge on any atom is 0.249 e. The van der Waals surface area contributed by atoms with Crippen molar-refractivity contribution in [1.29, 1.82) is 0 Å². The molecule has 0 aliphatic heterocycles. The van der Waals surface area contributed by atoms with Gasteiger partial charge >= 0.3 is 0 Å². The summed E-state index contributed by atoms with van der Waals surface area (Å²) in [5, 5.41) is 11.3. The number of nitrogens with one attached hydrogen (secondary N) is 1. The minimum absolute atomic E-state index is 0.0802. The average Bonchev–Trinajstić information content (AvgIpc) is 3.57. The molecular weight excluding hydrogens is 454 g/mol. The molecule has 0 saturated carbocycles. The smallest absolute Gasteiger partial charge is 0.249 e. The Morgan fingerprint density at radius 3 is 2.44 bits per heavy atom. The molecule has 36 heavy (non-hydrogen) atoms. The van der Waals surface area contributed by atoms with E-state index in [-0.39, 0.29) is 24.9 Å². The van der Waals surface area contributed by atoms with Gasteiger partial charge in [0.1, 0.15) is 23.9 Å². The van der Waals surface area contributed by atoms with E-state index in [1.165, 1.54) is 4.90 Å². The predicted octanol–water partition coefficient (Wildman–Crippen LogP) is 4.42. The lowest BCUT2D eigenvalue weighted by Gasteiger charge is -2.31. The molecule has 1 unspecified atom stereocenters. The summed E-state index contributed by atoms with van der Waals surface area (Å²) in [6, 6.07) is 26.9. The number of aromatic nitrogens is 3. The van der Waals surface area contributed by atoms with Crippen molar-refractivity contribution in [2.45, 2.75) is 26.1 Å². The van der Waals surface area contributed by atoms with E-state index in [4.69, 9.17) is 4.42 Å². The Bertz CT molecular complexity index is 1460. The molecule has 2 heterocycles. The van der Waals surface area contributed by atoms with Crippen molar-refractivity contribution < 1.29 is 14.0 Å². The van der Waals surface area contributed by atoms with Crippen molar-refractivity contribution in [3.63, 3.8) is 0 Å². The van der Waals surface area contributed by atoms with Crippen LogP contribution in [0.1, 0.15) is 22.9 Å². The van der Waals surface area contributed by atoms with Gasteiger partial charge in [0.15, 0.2) is 0 Å². The van der Waals surface area contributed by atoms with Gasteiger partial charge in [0.2, 0.25) is 11.8 Å².